The quantitative estimate of drug-likeness (QED) is 0.914. The highest BCUT2D eigenvalue weighted by molar-refractivity contribution is 5.79. The van der Waals surface area contributed by atoms with Crippen LogP contribution >= 0.6 is 0 Å². The molecule has 2 aliphatic heterocycles. The smallest absolute Gasteiger partial charge is 0.220 e. The van der Waals surface area contributed by atoms with Gasteiger partial charge >= 0.3 is 0 Å². The summed E-state index contributed by atoms with van der Waals surface area (Å²) in [5.74, 6) is 1.54. The average Bonchev–Trinajstić information content (AvgIpc) is 3.11. The maximum atomic E-state index is 11.4. The van der Waals surface area contributed by atoms with E-state index in [9.17, 15) is 4.79 Å². The fourth-order valence-electron chi connectivity index (χ4n) is 3.60. The first kappa shape index (κ1) is 15.1. The number of benzene rings is 1. The normalized spacial score (nSPS) is 23.1. The van der Waals surface area contributed by atoms with Gasteiger partial charge in [0.1, 0.15) is 12.4 Å². The first-order valence-corrected chi connectivity index (χ1v) is 8.39. The summed E-state index contributed by atoms with van der Waals surface area (Å²) in [6.07, 6.45) is 2.45. The van der Waals surface area contributed by atoms with Crippen molar-refractivity contribution in [1.82, 2.24) is 15.2 Å². The Morgan fingerprint density at radius 1 is 1.21 bits per heavy atom. The lowest BCUT2D eigenvalue weighted by Crippen LogP contribution is -2.32. The molecule has 0 spiro atoms. The van der Waals surface area contributed by atoms with Crippen molar-refractivity contribution < 1.29 is 9.53 Å². The molecule has 3 heterocycles. The van der Waals surface area contributed by atoms with Gasteiger partial charge in [-0.1, -0.05) is 18.2 Å². The molecule has 24 heavy (non-hydrogen) atoms. The number of likely N-dealkylation sites (tertiary alicyclic amines) is 1. The molecule has 0 saturated carbocycles. The highest BCUT2D eigenvalue weighted by Crippen LogP contribution is 2.27. The third-order valence-corrected chi connectivity index (χ3v) is 4.73. The van der Waals surface area contributed by atoms with Crippen molar-refractivity contribution in [3.8, 4) is 5.75 Å². The summed E-state index contributed by atoms with van der Waals surface area (Å²) >= 11 is 0. The molecular formula is C19H21N3O2. The second-order valence-corrected chi connectivity index (χ2v) is 6.59. The van der Waals surface area contributed by atoms with Crippen LogP contribution in [-0.2, 0) is 17.9 Å². The van der Waals surface area contributed by atoms with Gasteiger partial charge in [0.15, 0.2) is 0 Å². The molecule has 1 aromatic heterocycles. The van der Waals surface area contributed by atoms with Crippen LogP contribution in [0, 0.1) is 5.92 Å². The molecule has 0 bridgehead atoms. The van der Waals surface area contributed by atoms with Crippen LogP contribution in [-0.4, -0.2) is 34.9 Å². The molecule has 1 amide bonds. The van der Waals surface area contributed by atoms with Crippen LogP contribution in [0.4, 0.5) is 0 Å². The molecule has 0 aliphatic carbocycles. The number of nitrogens with zero attached hydrogens (tertiary/aromatic N) is 2. The van der Waals surface area contributed by atoms with Gasteiger partial charge in [-0.2, -0.15) is 0 Å². The van der Waals surface area contributed by atoms with Crippen molar-refractivity contribution in [2.24, 2.45) is 5.92 Å². The zero-order valence-corrected chi connectivity index (χ0v) is 13.5. The lowest BCUT2D eigenvalue weighted by molar-refractivity contribution is -0.119. The van der Waals surface area contributed by atoms with Crippen molar-refractivity contribution in [3.63, 3.8) is 0 Å². The highest BCUT2D eigenvalue weighted by Gasteiger charge is 2.39. The lowest BCUT2D eigenvalue weighted by atomic mass is 10.1. The summed E-state index contributed by atoms with van der Waals surface area (Å²) in [5.41, 5.74) is 2.16. The Hall–Kier alpha value is -2.40. The number of ether oxygens (including phenoxy) is 1. The van der Waals surface area contributed by atoms with E-state index in [1.165, 1.54) is 5.56 Å². The number of carbonyl (C=O) groups excluding carboxylic acids is 1. The van der Waals surface area contributed by atoms with Gasteiger partial charge in [0.05, 0.1) is 5.69 Å². The van der Waals surface area contributed by atoms with E-state index < -0.39 is 0 Å². The number of fused-ring (bicyclic) bond motifs is 1. The predicted octanol–water partition coefficient (Wildman–Crippen LogP) is 1.98. The fraction of sp³-hybridized carbons (Fsp3) is 0.368. The third kappa shape index (κ3) is 3.41. The van der Waals surface area contributed by atoms with Crippen LogP contribution in [0.5, 0.6) is 5.75 Å². The number of pyridine rings is 1. The van der Waals surface area contributed by atoms with E-state index in [0.29, 0.717) is 25.0 Å². The molecule has 0 unspecified atom stereocenters. The zero-order valence-electron chi connectivity index (χ0n) is 13.5. The van der Waals surface area contributed by atoms with Gasteiger partial charge in [0.25, 0.3) is 0 Å². The fourth-order valence-corrected chi connectivity index (χ4v) is 3.60. The Labute approximate surface area is 141 Å². The minimum absolute atomic E-state index is 0.203. The molecular weight excluding hydrogens is 302 g/mol. The van der Waals surface area contributed by atoms with E-state index in [1.54, 1.807) is 6.20 Å². The molecule has 2 saturated heterocycles. The van der Waals surface area contributed by atoms with E-state index in [0.717, 1.165) is 31.1 Å². The number of aromatic nitrogens is 1. The van der Waals surface area contributed by atoms with Crippen molar-refractivity contribution in [1.29, 1.82) is 0 Å². The van der Waals surface area contributed by atoms with Crippen LogP contribution in [0.1, 0.15) is 17.7 Å². The molecule has 1 aromatic carbocycles. The van der Waals surface area contributed by atoms with Crippen LogP contribution in [0.3, 0.4) is 0 Å². The molecule has 124 valence electrons. The van der Waals surface area contributed by atoms with Gasteiger partial charge in [0.2, 0.25) is 5.91 Å². The molecule has 2 aliphatic rings. The van der Waals surface area contributed by atoms with E-state index in [4.69, 9.17) is 4.74 Å². The summed E-state index contributed by atoms with van der Waals surface area (Å²) in [5, 5.41) is 3.07. The van der Waals surface area contributed by atoms with Crippen molar-refractivity contribution in [3.05, 3.63) is 59.9 Å². The van der Waals surface area contributed by atoms with Gasteiger partial charge in [0, 0.05) is 44.2 Å². The van der Waals surface area contributed by atoms with Gasteiger partial charge in [-0.25, -0.2) is 0 Å². The Kier molecular flexibility index (Phi) is 4.17. The topological polar surface area (TPSA) is 54.5 Å². The van der Waals surface area contributed by atoms with E-state index in [1.807, 2.05) is 30.3 Å². The second-order valence-electron chi connectivity index (χ2n) is 6.59. The van der Waals surface area contributed by atoms with Gasteiger partial charge in [-0.15, -0.1) is 0 Å². The predicted molar refractivity (Wildman–Crippen MR) is 90.3 cm³/mol. The number of carbonyl (C=O) groups is 1. The standard InChI is InChI=1S/C19H21N3O2/c23-19-9-15-11-22(12-18(15)21-19)10-14-4-3-6-17(8-14)24-13-16-5-1-2-7-20-16/h1-8,15,18H,9-13H2,(H,21,23)/t15-,18+/m0/s1. The molecule has 1 N–H and O–H groups in total. The summed E-state index contributed by atoms with van der Waals surface area (Å²) in [7, 11) is 0. The largest absolute Gasteiger partial charge is 0.487 e. The van der Waals surface area contributed by atoms with E-state index >= 15 is 0 Å². The van der Waals surface area contributed by atoms with Crippen molar-refractivity contribution >= 4 is 5.91 Å². The Balaban J connectivity index is 1.34. The number of amides is 1. The number of nitrogens with one attached hydrogen (secondary N) is 1. The second kappa shape index (κ2) is 6.61. The van der Waals surface area contributed by atoms with Crippen LogP contribution in [0.15, 0.2) is 48.7 Å². The molecule has 5 heteroatoms. The Morgan fingerprint density at radius 3 is 3.00 bits per heavy atom. The molecule has 5 nitrogen and oxygen atoms in total. The monoisotopic (exact) mass is 323 g/mol. The SMILES string of the molecule is O=C1C[C@H]2CN(Cc3cccc(OCc4ccccn4)c3)C[C@H]2N1. The molecule has 2 atom stereocenters. The number of hydrogen-bond donors (Lipinski definition) is 1. The summed E-state index contributed by atoms with van der Waals surface area (Å²) in [6, 6.07) is 14.4. The summed E-state index contributed by atoms with van der Waals surface area (Å²) in [4.78, 5) is 18.1. The van der Waals surface area contributed by atoms with E-state index in [-0.39, 0.29) is 5.91 Å². The van der Waals surface area contributed by atoms with E-state index in [2.05, 4.69) is 27.3 Å². The summed E-state index contributed by atoms with van der Waals surface area (Å²) < 4.78 is 5.85. The van der Waals surface area contributed by atoms with Crippen LogP contribution in [0.25, 0.3) is 0 Å². The highest BCUT2D eigenvalue weighted by atomic mass is 16.5. The van der Waals surface area contributed by atoms with Crippen molar-refractivity contribution in [2.75, 3.05) is 13.1 Å². The maximum Gasteiger partial charge on any atom is 0.220 e. The first-order chi connectivity index (χ1) is 11.8. The Bertz CT molecular complexity index is 704. The van der Waals surface area contributed by atoms with Crippen LogP contribution in [0.2, 0.25) is 0 Å². The number of rotatable bonds is 5. The maximum absolute atomic E-state index is 11.4. The minimum Gasteiger partial charge on any atom is -0.487 e. The molecule has 0 radical (unpaired) electrons. The van der Waals surface area contributed by atoms with Gasteiger partial charge in [-0.05, 0) is 29.8 Å². The van der Waals surface area contributed by atoms with Crippen molar-refractivity contribution in [2.45, 2.75) is 25.6 Å². The van der Waals surface area contributed by atoms with Gasteiger partial charge in [-0.3, -0.25) is 14.7 Å². The number of hydrogen-bond acceptors (Lipinski definition) is 4. The Morgan fingerprint density at radius 2 is 2.17 bits per heavy atom. The molecule has 4 rings (SSSR count). The molecule has 2 fully saturated rings. The van der Waals surface area contributed by atoms with Crippen LogP contribution < -0.4 is 10.1 Å². The summed E-state index contributed by atoms with van der Waals surface area (Å²) in [6.45, 7) is 3.30. The lowest BCUT2D eigenvalue weighted by Gasteiger charge is -2.17. The minimum atomic E-state index is 0.203. The zero-order chi connectivity index (χ0) is 16.4. The molecule has 2 aromatic rings. The first-order valence-electron chi connectivity index (χ1n) is 8.39. The third-order valence-electron chi connectivity index (χ3n) is 4.73. The average molecular weight is 323 g/mol. The van der Waals surface area contributed by atoms with Gasteiger partial charge < -0.3 is 10.1 Å².